The second-order valence-electron chi connectivity index (χ2n) is 5.90. The first-order valence-corrected chi connectivity index (χ1v) is 7.66. The fourth-order valence-electron chi connectivity index (χ4n) is 2.59. The topological polar surface area (TPSA) is 87.5 Å². The van der Waals surface area contributed by atoms with Crippen LogP contribution in [0.25, 0.3) is 0 Å². The molecule has 4 N–H and O–H groups in total. The molecule has 1 aliphatic carbocycles. The minimum atomic E-state index is -0.00784. The Kier molecular flexibility index (Phi) is 5.79. The van der Waals surface area contributed by atoms with Crippen LogP contribution in [0.5, 0.6) is 0 Å². The van der Waals surface area contributed by atoms with E-state index in [0.717, 1.165) is 25.9 Å². The summed E-state index contributed by atoms with van der Waals surface area (Å²) in [7, 11) is 0. The fourth-order valence-corrected chi connectivity index (χ4v) is 2.59. The van der Waals surface area contributed by atoms with Crippen molar-refractivity contribution in [3.63, 3.8) is 0 Å². The average molecular weight is 282 g/mol. The second-order valence-corrected chi connectivity index (χ2v) is 5.90. The van der Waals surface area contributed by atoms with Gasteiger partial charge in [-0.15, -0.1) is 0 Å². The van der Waals surface area contributed by atoms with Crippen LogP contribution in [-0.4, -0.2) is 56.0 Å². The maximum absolute atomic E-state index is 11.9. The normalized spacial score (nSPS) is 23.4. The Morgan fingerprint density at radius 2 is 2.00 bits per heavy atom. The number of nitrogens with zero attached hydrogens (tertiary/aromatic N) is 1. The molecule has 1 saturated heterocycles. The van der Waals surface area contributed by atoms with Gasteiger partial charge in [0.2, 0.25) is 11.8 Å². The first-order chi connectivity index (χ1) is 9.69. The van der Waals surface area contributed by atoms with Gasteiger partial charge in [-0.2, -0.15) is 0 Å². The van der Waals surface area contributed by atoms with Crippen molar-refractivity contribution in [2.45, 2.75) is 25.7 Å². The van der Waals surface area contributed by atoms with Gasteiger partial charge in [0, 0.05) is 26.2 Å². The lowest BCUT2D eigenvalue weighted by atomic mass is 9.97. The predicted molar refractivity (Wildman–Crippen MR) is 77.0 cm³/mol. The minimum Gasteiger partial charge on any atom is -0.355 e. The highest BCUT2D eigenvalue weighted by molar-refractivity contribution is 5.80. The lowest BCUT2D eigenvalue weighted by Crippen LogP contribution is -2.47. The largest absolute Gasteiger partial charge is 0.355 e. The molecule has 0 aromatic rings. The number of hydrogen-bond acceptors (Lipinski definition) is 4. The molecule has 2 fully saturated rings. The van der Waals surface area contributed by atoms with Gasteiger partial charge in [-0.3, -0.25) is 14.5 Å². The highest BCUT2D eigenvalue weighted by Crippen LogP contribution is 2.27. The minimum absolute atomic E-state index is 0.00784. The van der Waals surface area contributed by atoms with E-state index in [1.165, 1.54) is 12.8 Å². The quantitative estimate of drug-likeness (QED) is 0.576. The van der Waals surface area contributed by atoms with E-state index < -0.39 is 0 Å². The van der Waals surface area contributed by atoms with E-state index in [-0.39, 0.29) is 17.7 Å². The van der Waals surface area contributed by atoms with Gasteiger partial charge in [0.25, 0.3) is 0 Å². The molecule has 1 heterocycles. The standard InChI is InChI=1S/C14H26N4O2/c15-5-6-16-14(20)12-2-1-7-18(9-12)10-13(19)17-8-11-3-4-11/h11-12H,1-10,15H2,(H,16,20)(H,17,19). The van der Waals surface area contributed by atoms with Gasteiger partial charge >= 0.3 is 0 Å². The zero-order valence-electron chi connectivity index (χ0n) is 12.1. The summed E-state index contributed by atoms with van der Waals surface area (Å²) in [5, 5.41) is 5.81. The third kappa shape index (κ3) is 5.09. The SMILES string of the molecule is NCCNC(=O)C1CCCN(CC(=O)NCC2CC2)C1. The molecule has 2 rings (SSSR count). The Hall–Kier alpha value is -1.14. The Morgan fingerprint density at radius 3 is 2.70 bits per heavy atom. The van der Waals surface area contributed by atoms with E-state index >= 15 is 0 Å². The highest BCUT2D eigenvalue weighted by atomic mass is 16.2. The molecule has 0 radical (unpaired) electrons. The molecule has 1 unspecified atom stereocenters. The van der Waals surface area contributed by atoms with Crippen molar-refractivity contribution in [3.8, 4) is 0 Å². The van der Waals surface area contributed by atoms with Crippen LogP contribution < -0.4 is 16.4 Å². The molecule has 1 saturated carbocycles. The third-order valence-electron chi connectivity index (χ3n) is 3.97. The molecule has 0 bridgehead atoms. The zero-order chi connectivity index (χ0) is 14.4. The molecule has 2 aliphatic rings. The first-order valence-electron chi connectivity index (χ1n) is 7.66. The number of carbonyl (C=O) groups excluding carboxylic acids is 2. The van der Waals surface area contributed by atoms with Crippen molar-refractivity contribution in [1.82, 2.24) is 15.5 Å². The van der Waals surface area contributed by atoms with Gasteiger partial charge < -0.3 is 16.4 Å². The van der Waals surface area contributed by atoms with Crippen molar-refractivity contribution in [3.05, 3.63) is 0 Å². The number of nitrogens with two attached hydrogens (primary N) is 1. The first kappa shape index (κ1) is 15.3. The lowest BCUT2D eigenvalue weighted by Gasteiger charge is -2.31. The number of piperidine rings is 1. The number of nitrogens with one attached hydrogen (secondary N) is 2. The average Bonchev–Trinajstić information content (AvgIpc) is 3.27. The molecule has 1 aliphatic heterocycles. The van der Waals surface area contributed by atoms with Gasteiger partial charge in [-0.25, -0.2) is 0 Å². The van der Waals surface area contributed by atoms with Crippen LogP contribution in [0, 0.1) is 11.8 Å². The summed E-state index contributed by atoms with van der Waals surface area (Å²) in [6, 6.07) is 0. The maximum Gasteiger partial charge on any atom is 0.234 e. The molecule has 20 heavy (non-hydrogen) atoms. The van der Waals surface area contributed by atoms with Crippen LogP contribution in [0.4, 0.5) is 0 Å². The van der Waals surface area contributed by atoms with Gasteiger partial charge in [0.1, 0.15) is 0 Å². The van der Waals surface area contributed by atoms with Crippen LogP contribution in [0.2, 0.25) is 0 Å². The highest BCUT2D eigenvalue weighted by Gasteiger charge is 2.27. The lowest BCUT2D eigenvalue weighted by molar-refractivity contribution is -0.128. The van der Waals surface area contributed by atoms with E-state index in [2.05, 4.69) is 15.5 Å². The van der Waals surface area contributed by atoms with Crippen molar-refractivity contribution in [1.29, 1.82) is 0 Å². The van der Waals surface area contributed by atoms with Gasteiger partial charge in [0.15, 0.2) is 0 Å². The second kappa shape index (κ2) is 7.59. The Balaban J connectivity index is 1.68. The van der Waals surface area contributed by atoms with Crippen molar-refractivity contribution >= 4 is 11.8 Å². The van der Waals surface area contributed by atoms with Gasteiger partial charge in [-0.1, -0.05) is 0 Å². The molecule has 0 aromatic heterocycles. The van der Waals surface area contributed by atoms with E-state index in [9.17, 15) is 9.59 Å². The number of likely N-dealkylation sites (tertiary alicyclic amines) is 1. The molecule has 2 amide bonds. The van der Waals surface area contributed by atoms with E-state index in [4.69, 9.17) is 5.73 Å². The summed E-state index contributed by atoms with van der Waals surface area (Å²) in [5.74, 6) is 0.847. The summed E-state index contributed by atoms with van der Waals surface area (Å²) < 4.78 is 0. The third-order valence-corrected chi connectivity index (χ3v) is 3.97. The summed E-state index contributed by atoms with van der Waals surface area (Å²) >= 11 is 0. The van der Waals surface area contributed by atoms with Crippen LogP contribution in [0.3, 0.4) is 0 Å². The molecular formula is C14H26N4O2. The van der Waals surface area contributed by atoms with Crippen LogP contribution in [-0.2, 0) is 9.59 Å². The molecule has 6 heteroatoms. The molecule has 0 aromatic carbocycles. The fraction of sp³-hybridized carbons (Fsp3) is 0.857. The van der Waals surface area contributed by atoms with Crippen molar-refractivity contribution in [2.24, 2.45) is 17.6 Å². The van der Waals surface area contributed by atoms with E-state index in [0.29, 0.717) is 32.1 Å². The van der Waals surface area contributed by atoms with Crippen molar-refractivity contribution < 1.29 is 9.59 Å². The van der Waals surface area contributed by atoms with Crippen molar-refractivity contribution in [2.75, 3.05) is 39.3 Å². The molecule has 6 nitrogen and oxygen atoms in total. The Labute approximate surface area is 120 Å². The summed E-state index contributed by atoms with van der Waals surface area (Å²) in [5.41, 5.74) is 5.38. The smallest absolute Gasteiger partial charge is 0.234 e. The Bertz CT molecular complexity index is 344. The molecule has 114 valence electrons. The number of rotatable bonds is 7. The Morgan fingerprint density at radius 1 is 1.20 bits per heavy atom. The number of hydrogen-bond donors (Lipinski definition) is 3. The van der Waals surface area contributed by atoms with E-state index in [1.807, 2.05) is 0 Å². The summed E-state index contributed by atoms with van der Waals surface area (Å²) in [6.45, 7) is 3.79. The summed E-state index contributed by atoms with van der Waals surface area (Å²) in [4.78, 5) is 25.8. The zero-order valence-corrected chi connectivity index (χ0v) is 12.1. The molecular weight excluding hydrogens is 256 g/mol. The molecule has 0 spiro atoms. The maximum atomic E-state index is 11.9. The molecule has 1 atom stereocenters. The predicted octanol–water partition coefficient (Wildman–Crippen LogP) is -0.700. The van der Waals surface area contributed by atoms with Crippen LogP contribution in [0.1, 0.15) is 25.7 Å². The van der Waals surface area contributed by atoms with Crippen LogP contribution in [0.15, 0.2) is 0 Å². The number of amides is 2. The van der Waals surface area contributed by atoms with Crippen LogP contribution >= 0.6 is 0 Å². The monoisotopic (exact) mass is 282 g/mol. The summed E-state index contributed by atoms with van der Waals surface area (Å²) in [6.07, 6.45) is 4.36. The van der Waals surface area contributed by atoms with Gasteiger partial charge in [0.05, 0.1) is 12.5 Å². The number of carbonyl (C=O) groups is 2. The van der Waals surface area contributed by atoms with E-state index in [1.54, 1.807) is 0 Å². The van der Waals surface area contributed by atoms with Gasteiger partial charge in [-0.05, 0) is 38.1 Å².